The van der Waals surface area contributed by atoms with Crippen LogP contribution in [0.15, 0.2) is 18.3 Å². The lowest BCUT2D eigenvalue weighted by atomic mass is 10.2. The van der Waals surface area contributed by atoms with Gasteiger partial charge in [0, 0.05) is 32.4 Å². The first kappa shape index (κ1) is 16.9. The third-order valence-corrected chi connectivity index (χ3v) is 3.19. The van der Waals surface area contributed by atoms with Crippen LogP contribution in [0.2, 0.25) is 0 Å². The van der Waals surface area contributed by atoms with E-state index in [0.29, 0.717) is 0 Å². The second-order valence-electron chi connectivity index (χ2n) is 5.56. The Kier molecular flexibility index (Phi) is 8.23. The van der Waals surface area contributed by atoms with Crippen molar-refractivity contribution in [1.29, 1.82) is 0 Å². The minimum absolute atomic E-state index is 0.978. The van der Waals surface area contributed by atoms with E-state index >= 15 is 0 Å². The molecule has 0 unspecified atom stereocenters. The molecule has 4 nitrogen and oxygen atoms in total. The zero-order valence-electron chi connectivity index (χ0n) is 13.5. The zero-order chi connectivity index (χ0) is 14.8. The van der Waals surface area contributed by atoms with Crippen LogP contribution in [0.25, 0.3) is 0 Å². The Morgan fingerprint density at radius 1 is 1.05 bits per heavy atom. The van der Waals surface area contributed by atoms with Crippen molar-refractivity contribution < 1.29 is 0 Å². The summed E-state index contributed by atoms with van der Waals surface area (Å²) in [7, 11) is 4.25. The lowest BCUT2D eigenvalue weighted by molar-refractivity contribution is 0.234. The van der Waals surface area contributed by atoms with Crippen LogP contribution in [0.1, 0.15) is 32.3 Å². The minimum Gasteiger partial charge on any atom is -0.370 e. The highest BCUT2D eigenvalue weighted by atomic mass is 15.2. The standard InChI is InChI=1S/C16H30N4/c1-5-9-17-16-8-7-15(13-18-16)14-20(10-6-2)12-11-19(3)4/h7-8,13H,5-6,9-12,14H2,1-4H3,(H,17,18). The smallest absolute Gasteiger partial charge is 0.125 e. The molecule has 1 rings (SSSR count). The van der Waals surface area contributed by atoms with Gasteiger partial charge in [0.2, 0.25) is 0 Å². The molecule has 0 saturated carbocycles. The van der Waals surface area contributed by atoms with E-state index in [1.54, 1.807) is 0 Å². The van der Waals surface area contributed by atoms with E-state index in [2.05, 4.69) is 60.2 Å². The molecule has 0 bridgehead atoms. The van der Waals surface area contributed by atoms with E-state index in [1.165, 1.54) is 12.0 Å². The molecule has 0 saturated heterocycles. The number of nitrogens with one attached hydrogen (secondary N) is 1. The van der Waals surface area contributed by atoms with Gasteiger partial charge in [-0.05, 0) is 45.1 Å². The topological polar surface area (TPSA) is 31.4 Å². The largest absolute Gasteiger partial charge is 0.370 e. The monoisotopic (exact) mass is 278 g/mol. The molecule has 0 aliphatic rings. The highest BCUT2D eigenvalue weighted by Gasteiger charge is 2.06. The molecule has 1 aromatic rings. The van der Waals surface area contributed by atoms with Crippen LogP contribution >= 0.6 is 0 Å². The Bertz CT molecular complexity index is 348. The number of rotatable bonds is 10. The molecule has 0 atom stereocenters. The second-order valence-corrected chi connectivity index (χ2v) is 5.56. The maximum absolute atomic E-state index is 4.48. The van der Waals surface area contributed by atoms with Gasteiger partial charge in [-0.1, -0.05) is 19.9 Å². The van der Waals surface area contributed by atoms with Crippen LogP contribution in [0.3, 0.4) is 0 Å². The Labute approximate surface area is 124 Å². The minimum atomic E-state index is 0.978. The predicted octanol–water partition coefficient (Wildman–Crippen LogP) is 2.68. The van der Waals surface area contributed by atoms with E-state index < -0.39 is 0 Å². The molecule has 1 aromatic heterocycles. The molecular formula is C16H30N4. The summed E-state index contributed by atoms with van der Waals surface area (Å²) in [5.41, 5.74) is 1.29. The first-order chi connectivity index (χ1) is 9.65. The van der Waals surface area contributed by atoms with Gasteiger partial charge in [-0.25, -0.2) is 4.98 Å². The molecule has 1 heterocycles. The van der Waals surface area contributed by atoms with Crippen LogP contribution in [0.4, 0.5) is 5.82 Å². The molecule has 0 aliphatic carbocycles. The fourth-order valence-electron chi connectivity index (χ4n) is 2.06. The lowest BCUT2D eigenvalue weighted by Gasteiger charge is -2.23. The van der Waals surface area contributed by atoms with Crippen molar-refractivity contribution in [1.82, 2.24) is 14.8 Å². The molecule has 0 aliphatic heterocycles. The molecular weight excluding hydrogens is 248 g/mol. The molecule has 0 radical (unpaired) electrons. The van der Waals surface area contributed by atoms with Crippen molar-refractivity contribution in [3.63, 3.8) is 0 Å². The number of nitrogens with zero attached hydrogens (tertiary/aromatic N) is 3. The number of pyridine rings is 1. The summed E-state index contributed by atoms with van der Waals surface area (Å²) >= 11 is 0. The normalized spacial score (nSPS) is 11.3. The first-order valence-electron chi connectivity index (χ1n) is 7.71. The van der Waals surface area contributed by atoms with Gasteiger partial charge in [-0.15, -0.1) is 0 Å². The highest BCUT2D eigenvalue weighted by Crippen LogP contribution is 2.08. The van der Waals surface area contributed by atoms with Crippen molar-refractivity contribution in [3.05, 3.63) is 23.9 Å². The number of anilines is 1. The maximum Gasteiger partial charge on any atom is 0.125 e. The van der Waals surface area contributed by atoms with E-state index in [-0.39, 0.29) is 0 Å². The molecule has 0 aromatic carbocycles. The molecule has 0 fully saturated rings. The highest BCUT2D eigenvalue weighted by molar-refractivity contribution is 5.35. The molecule has 114 valence electrons. The van der Waals surface area contributed by atoms with E-state index in [1.807, 2.05) is 6.20 Å². The van der Waals surface area contributed by atoms with E-state index in [9.17, 15) is 0 Å². The SMILES string of the molecule is CCCNc1ccc(CN(CCC)CCN(C)C)cn1. The van der Waals surface area contributed by atoms with Gasteiger partial charge < -0.3 is 10.2 Å². The van der Waals surface area contributed by atoms with Crippen LogP contribution < -0.4 is 5.32 Å². The lowest BCUT2D eigenvalue weighted by Crippen LogP contribution is -2.32. The third-order valence-electron chi connectivity index (χ3n) is 3.19. The van der Waals surface area contributed by atoms with Crippen molar-refractivity contribution in [2.24, 2.45) is 0 Å². The van der Waals surface area contributed by atoms with Gasteiger partial charge in [0.25, 0.3) is 0 Å². The Hall–Kier alpha value is -1.13. The van der Waals surface area contributed by atoms with Gasteiger partial charge in [0.1, 0.15) is 5.82 Å². The average Bonchev–Trinajstić information content (AvgIpc) is 2.44. The summed E-state index contributed by atoms with van der Waals surface area (Å²) in [5.74, 6) is 0.978. The zero-order valence-corrected chi connectivity index (χ0v) is 13.5. The summed E-state index contributed by atoms with van der Waals surface area (Å²) in [5, 5.41) is 3.31. The predicted molar refractivity (Wildman–Crippen MR) is 87.1 cm³/mol. The number of likely N-dealkylation sites (N-methyl/N-ethyl adjacent to an activating group) is 1. The fourth-order valence-corrected chi connectivity index (χ4v) is 2.06. The summed E-state index contributed by atoms with van der Waals surface area (Å²) in [6, 6.07) is 4.27. The first-order valence-corrected chi connectivity index (χ1v) is 7.71. The van der Waals surface area contributed by atoms with Crippen LogP contribution in [0.5, 0.6) is 0 Å². The maximum atomic E-state index is 4.48. The number of hydrogen-bond acceptors (Lipinski definition) is 4. The van der Waals surface area contributed by atoms with Gasteiger partial charge in [-0.3, -0.25) is 4.90 Å². The summed E-state index contributed by atoms with van der Waals surface area (Å²) in [6.45, 7) is 9.72. The summed E-state index contributed by atoms with van der Waals surface area (Å²) < 4.78 is 0. The molecule has 0 amide bonds. The second kappa shape index (κ2) is 9.72. The Balaban J connectivity index is 2.50. The van der Waals surface area contributed by atoms with Gasteiger partial charge >= 0.3 is 0 Å². The van der Waals surface area contributed by atoms with Gasteiger partial charge in [0.15, 0.2) is 0 Å². The fraction of sp³-hybridized carbons (Fsp3) is 0.688. The summed E-state index contributed by atoms with van der Waals surface area (Å²) in [4.78, 5) is 9.21. The van der Waals surface area contributed by atoms with Gasteiger partial charge in [-0.2, -0.15) is 0 Å². The van der Waals surface area contributed by atoms with Crippen LogP contribution in [0, 0.1) is 0 Å². The van der Waals surface area contributed by atoms with Crippen LogP contribution in [-0.2, 0) is 6.54 Å². The Morgan fingerprint density at radius 3 is 2.40 bits per heavy atom. The molecule has 0 spiro atoms. The van der Waals surface area contributed by atoms with Crippen molar-refractivity contribution in [3.8, 4) is 0 Å². The van der Waals surface area contributed by atoms with E-state index in [0.717, 1.165) is 45.0 Å². The van der Waals surface area contributed by atoms with Crippen molar-refractivity contribution >= 4 is 5.82 Å². The molecule has 4 heteroatoms. The number of hydrogen-bond donors (Lipinski definition) is 1. The Morgan fingerprint density at radius 2 is 1.85 bits per heavy atom. The van der Waals surface area contributed by atoms with E-state index in [4.69, 9.17) is 0 Å². The van der Waals surface area contributed by atoms with Crippen molar-refractivity contribution in [2.75, 3.05) is 45.6 Å². The third kappa shape index (κ3) is 6.87. The quantitative estimate of drug-likeness (QED) is 0.713. The average molecular weight is 278 g/mol. The molecule has 20 heavy (non-hydrogen) atoms. The molecule has 1 N–H and O–H groups in total. The van der Waals surface area contributed by atoms with Crippen molar-refractivity contribution in [2.45, 2.75) is 33.2 Å². The summed E-state index contributed by atoms with van der Waals surface area (Å²) in [6.07, 6.45) is 4.31. The number of aromatic nitrogens is 1. The van der Waals surface area contributed by atoms with Gasteiger partial charge in [0.05, 0.1) is 0 Å². The van der Waals surface area contributed by atoms with Crippen LogP contribution in [-0.4, -0.2) is 55.1 Å².